The molecule has 1 unspecified atom stereocenters. The summed E-state index contributed by atoms with van der Waals surface area (Å²) in [6.07, 6.45) is 1.12. The van der Waals surface area contributed by atoms with Crippen molar-refractivity contribution >= 4 is 68.1 Å². The maximum absolute atomic E-state index is 11.9. The van der Waals surface area contributed by atoms with Gasteiger partial charge in [-0.15, -0.1) is 0 Å². The van der Waals surface area contributed by atoms with E-state index in [-0.39, 0.29) is 41.3 Å². The van der Waals surface area contributed by atoms with Gasteiger partial charge in [0.15, 0.2) is 12.1 Å². The summed E-state index contributed by atoms with van der Waals surface area (Å²) in [6.45, 7) is -0.172. The average Bonchev–Trinajstić information content (AvgIpc) is 2.54. The quantitative estimate of drug-likeness (QED) is 0.611. The van der Waals surface area contributed by atoms with E-state index in [1.54, 1.807) is 6.07 Å². The van der Waals surface area contributed by atoms with Crippen LogP contribution in [0, 0.1) is 0 Å². The molecule has 1 aliphatic heterocycles. The number of nitrogens with zero attached hydrogens (tertiary/aromatic N) is 1. The number of halogens is 1. The molecule has 1 aliphatic rings. The van der Waals surface area contributed by atoms with E-state index in [1.165, 1.54) is 0 Å². The summed E-state index contributed by atoms with van der Waals surface area (Å²) in [5.74, 6) is 0.572. The molecule has 1 atom stereocenters. The first kappa shape index (κ1) is 20.0. The Hall–Kier alpha value is -1.29. The fourth-order valence-electron chi connectivity index (χ4n) is 2.31. The van der Waals surface area contributed by atoms with Gasteiger partial charge in [0, 0.05) is 11.6 Å². The van der Waals surface area contributed by atoms with E-state index >= 15 is 0 Å². The Balaban J connectivity index is 0.00000225. The van der Waals surface area contributed by atoms with E-state index in [1.807, 2.05) is 36.4 Å². The van der Waals surface area contributed by atoms with Crippen LogP contribution in [0.3, 0.4) is 0 Å². The van der Waals surface area contributed by atoms with Gasteiger partial charge in [0.25, 0.3) is 10.1 Å². The molecule has 0 aliphatic carbocycles. The molecule has 0 spiro atoms. The van der Waals surface area contributed by atoms with Gasteiger partial charge < -0.3 is 10.1 Å². The van der Waals surface area contributed by atoms with E-state index in [0.29, 0.717) is 5.75 Å². The third-order valence-electron chi connectivity index (χ3n) is 3.45. The molecule has 1 heterocycles. The van der Waals surface area contributed by atoms with Gasteiger partial charge in [-0.2, -0.15) is 8.42 Å². The predicted molar refractivity (Wildman–Crippen MR) is 96.2 cm³/mol. The van der Waals surface area contributed by atoms with Crippen molar-refractivity contribution in [3.05, 3.63) is 53.7 Å². The van der Waals surface area contributed by atoms with Crippen LogP contribution in [0.1, 0.15) is 0 Å². The van der Waals surface area contributed by atoms with Crippen LogP contribution >= 0.6 is 11.6 Å². The van der Waals surface area contributed by atoms with Gasteiger partial charge in [0.05, 0.1) is 5.03 Å². The number of rotatable bonds is 4. The molecular formula is C15H14ClN2NaO5S. The normalized spacial score (nSPS) is 17.5. The second-order valence-corrected chi connectivity index (χ2v) is 7.02. The van der Waals surface area contributed by atoms with Crippen molar-refractivity contribution in [2.45, 2.75) is 5.37 Å². The van der Waals surface area contributed by atoms with Crippen molar-refractivity contribution < 1.29 is 22.5 Å². The topological polar surface area (TPSA) is 95.9 Å². The Labute approximate surface area is 171 Å². The number of amides is 2. The van der Waals surface area contributed by atoms with Crippen LogP contribution in [-0.2, 0) is 10.1 Å². The van der Waals surface area contributed by atoms with E-state index in [0.717, 1.165) is 21.9 Å². The molecule has 2 aromatic carbocycles. The van der Waals surface area contributed by atoms with Gasteiger partial charge in [-0.3, -0.25) is 9.45 Å². The number of urea groups is 1. The summed E-state index contributed by atoms with van der Waals surface area (Å²) < 4.78 is 37.0. The molecule has 2 aromatic rings. The zero-order valence-corrected chi connectivity index (χ0v) is 13.8. The third-order valence-corrected chi connectivity index (χ3v) is 4.86. The molecule has 25 heavy (non-hydrogen) atoms. The van der Waals surface area contributed by atoms with Gasteiger partial charge in [0.2, 0.25) is 0 Å². The second-order valence-electron chi connectivity index (χ2n) is 5.08. The fraction of sp³-hybridized carbons (Fsp3) is 0.133. The van der Waals surface area contributed by atoms with Gasteiger partial charge >= 0.3 is 35.6 Å². The summed E-state index contributed by atoms with van der Waals surface area (Å²) in [6, 6.07) is 12.4. The number of nitrogens with one attached hydrogen (secondary N) is 1. The molecule has 0 bridgehead atoms. The molecule has 0 saturated heterocycles. The van der Waals surface area contributed by atoms with E-state index in [2.05, 4.69) is 5.32 Å². The Morgan fingerprint density at radius 3 is 2.60 bits per heavy atom. The zero-order valence-electron chi connectivity index (χ0n) is 12.2. The number of hydrogen-bond donors (Lipinski definition) is 2. The first-order chi connectivity index (χ1) is 11.4. The van der Waals surface area contributed by atoms with Crippen molar-refractivity contribution in [1.82, 2.24) is 10.2 Å². The van der Waals surface area contributed by atoms with Gasteiger partial charge in [-0.1, -0.05) is 48.0 Å². The molecule has 10 heteroatoms. The molecule has 7 nitrogen and oxygen atoms in total. The van der Waals surface area contributed by atoms with Crippen LogP contribution in [0.5, 0.6) is 5.75 Å². The van der Waals surface area contributed by atoms with Crippen LogP contribution in [0.2, 0.25) is 0 Å². The fourth-order valence-corrected chi connectivity index (χ4v) is 3.42. The Kier molecular flexibility index (Phi) is 6.36. The zero-order chi connectivity index (χ0) is 17.3. The summed E-state index contributed by atoms with van der Waals surface area (Å²) in [7, 11) is -4.53. The first-order valence-electron chi connectivity index (χ1n) is 6.87. The molecule has 2 amide bonds. The second kappa shape index (κ2) is 7.94. The molecule has 0 saturated carbocycles. The van der Waals surface area contributed by atoms with Gasteiger partial charge in [0.1, 0.15) is 5.75 Å². The maximum atomic E-state index is 11.9. The number of carbonyl (C=O) groups is 1. The Morgan fingerprint density at radius 1 is 1.20 bits per heavy atom. The number of hydrogen-bond acceptors (Lipinski definition) is 4. The predicted octanol–water partition coefficient (Wildman–Crippen LogP) is 1.85. The first-order valence-corrected chi connectivity index (χ1v) is 8.75. The van der Waals surface area contributed by atoms with Crippen LogP contribution < -0.4 is 10.1 Å². The average molecular weight is 393 g/mol. The van der Waals surface area contributed by atoms with Crippen molar-refractivity contribution in [1.29, 1.82) is 0 Å². The van der Waals surface area contributed by atoms with E-state index in [9.17, 15) is 13.2 Å². The number of carbonyl (C=O) groups excluding carboxylic acids is 1. The standard InChI is InChI=1S/C15H13ClN2O5S.Na.H/c16-12-8-18(15(19)17-14(12)24(20,21)22)9-23-13-7-3-5-10-4-1-2-6-11(10)13;;/h1-8,14H,9H2,(H,17,19)(H,20,21,22);;. The van der Waals surface area contributed by atoms with Gasteiger partial charge in [-0.05, 0) is 11.5 Å². The van der Waals surface area contributed by atoms with Crippen molar-refractivity contribution in [3.8, 4) is 5.75 Å². The summed E-state index contributed by atoms with van der Waals surface area (Å²) in [5.41, 5.74) is 0. The molecule has 2 N–H and O–H groups in total. The van der Waals surface area contributed by atoms with Crippen LogP contribution in [0.15, 0.2) is 53.7 Å². The number of fused-ring (bicyclic) bond motifs is 1. The van der Waals surface area contributed by atoms with E-state index < -0.39 is 21.5 Å². The Bertz CT molecular complexity index is 929. The van der Waals surface area contributed by atoms with Crippen LogP contribution in [0.25, 0.3) is 10.8 Å². The minimum absolute atomic E-state index is 0. The molecule has 128 valence electrons. The van der Waals surface area contributed by atoms with Gasteiger partial charge in [-0.25, -0.2) is 4.79 Å². The summed E-state index contributed by atoms with van der Waals surface area (Å²) in [5, 5.41) is 2.06. The number of ether oxygens (including phenoxy) is 1. The molecule has 0 radical (unpaired) electrons. The summed E-state index contributed by atoms with van der Waals surface area (Å²) >= 11 is 5.81. The minimum atomic E-state index is -4.53. The van der Waals surface area contributed by atoms with Crippen molar-refractivity contribution in [2.75, 3.05) is 6.73 Å². The molecule has 3 rings (SSSR count). The van der Waals surface area contributed by atoms with Crippen molar-refractivity contribution in [3.63, 3.8) is 0 Å². The molecule has 0 fully saturated rings. The third kappa shape index (κ3) is 4.46. The van der Waals surface area contributed by atoms with Crippen molar-refractivity contribution in [2.24, 2.45) is 0 Å². The summed E-state index contributed by atoms with van der Waals surface area (Å²) in [4.78, 5) is 13.0. The molecule has 0 aromatic heterocycles. The van der Waals surface area contributed by atoms with Crippen LogP contribution in [0.4, 0.5) is 4.79 Å². The number of benzene rings is 2. The Morgan fingerprint density at radius 2 is 1.88 bits per heavy atom. The SMILES string of the molecule is O=C1NC(S(=O)(=O)O)C(Cl)=CN1COc1cccc2ccccc12.[NaH]. The van der Waals surface area contributed by atoms with E-state index in [4.69, 9.17) is 20.9 Å². The monoisotopic (exact) mass is 392 g/mol. The van der Waals surface area contributed by atoms with Crippen LogP contribution in [-0.4, -0.2) is 65.6 Å². The molecular weight excluding hydrogens is 379 g/mol.